The summed E-state index contributed by atoms with van der Waals surface area (Å²) >= 11 is 5.86. The van der Waals surface area contributed by atoms with Gasteiger partial charge in [-0.2, -0.15) is 0 Å². The third-order valence-electron chi connectivity index (χ3n) is 1.41. The van der Waals surface area contributed by atoms with Crippen molar-refractivity contribution in [2.24, 2.45) is 5.16 Å². The molecule has 0 unspecified atom stereocenters. The van der Waals surface area contributed by atoms with Gasteiger partial charge in [0.1, 0.15) is 5.75 Å². The summed E-state index contributed by atoms with van der Waals surface area (Å²) in [5, 5.41) is 11.6. The molecule has 3 nitrogen and oxygen atoms in total. The van der Waals surface area contributed by atoms with E-state index in [-0.39, 0.29) is 0 Å². The van der Waals surface area contributed by atoms with Gasteiger partial charge in [0, 0.05) is 5.56 Å². The highest BCUT2D eigenvalue weighted by Crippen LogP contribution is 2.26. The summed E-state index contributed by atoms with van der Waals surface area (Å²) in [5.74, 6) is 0.564. The Labute approximate surface area is 75.2 Å². The van der Waals surface area contributed by atoms with E-state index in [0.717, 1.165) is 0 Å². The topological polar surface area (TPSA) is 41.8 Å². The number of methoxy groups -OCH3 is 1. The molecule has 4 heteroatoms. The van der Waals surface area contributed by atoms with Crippen LogP contribution in [-0.2, 0) is 0 Å². The lowest BCUT2D eigenvalue weighted by Gasteiger charge is -2.03. The van der Waals surface area contributed by atoms with Crippen LogP contribution in [-0.4, -0.2) is 18.5 Å². The maximum Gasteiger partial charge on any atom is 0.138 e. The van der Waals surface area contributed by atoms with E-state index in [1.807, 2.05) is 0 Å². The fourth-order valence-corrected chi connectivity index (χ4v) is 1.10. The third kappa shape index (κ3) is 1.68. The minimum atomic E-state index is 0.442. The van der Waals surface area contributed by atoms with E-state index in [1.54, 1.807) is 18.2 Å². The van der Waals surface area contributed by atoms with Crippen LogP contribution in [0.5, 0.6) is 5.75 Å². The van der Waals surface area contributed by atoms with E-state index >= 15 is 0 Å². The Morgan fingerprint density at radius 1 is 1.58 bits per heavy atom. The molecule has 0 radical (unpaired) electrons. The molecule has 0 heterocycles. The van der Waals surface area contributed by atoms with E-state index < -0.39 is 0 Å². The van der Waals surface area contributed by atoms with Gasteiger partial charge in [-0.3, -0.25) is 0 Å². The lowest BCUT2D eigenvalue weighted by atomic mass is 10.2. The Morgan fingerprint density at radius 2 is 2.33 bits per heavy atom. The van der Waals surface area contributed by atoms with Gasteiger partial charge in [-0.15, -0.1) is 0 Å². The summed E-state index contributed by atoms with van der Waals surface area (Å²) < 4.78 is 4.96. The normalized spacial score (nSPS) is 10.5. The van der Waals surface area contributed by atoms with Crippen LogP contribution in [0.25, 0.3) is 0 Å². The van der Waals surface area contributed by atoms with E-state index in [1.165, 1.54) is 13.3 Å². The molecule has 1 rings (SSSR count). The Hall–Kier alpha value is -1.22. The van der Waals surface area contributed by atoms with E-state index in [4.69, 9.17) is 21.5 Å². The van der Waals surface area contributed by atoms with Gasteiger partial charge in [0.2, 0.25) is 0 Å². The number of benzene rings is 1. The van der Waals surface area contributed by atoms with Crippen LogP contribution in [0.15, 0.2) is 23.4 Å². The predicted molar refractivity (Wildman–Crippen MR) is 47.4 cm³/mol. The quantitative estimate of drug-likeness (QED) is 0.436. The summed E-state index contributed by atoms with van der Waals surface area (Å²) in [7, 11) is 1.53. The lowest BCUT2D eigenvalue weighted by Crippen LogP contribution is -1.88. The van der Waals surface area contributed by atoms with Crippen molar-refractivity contribution in [3.05, 3.63) is 28.8 Å². The van der Waals surface area contributed by atoms with Gasteiger partial charge in [0.05, 0.1) is 18.3 Å². The van der Waals surface area contributed by atoms with E-state index in [9.17, 15) is 0 Å². The molecule has 0 spiro atoms. The number of halogens is 1. The molecule has 0 aliphatic heterocycles. The maximum atomic E-state index is 8.28. The van der Waals surface area contributed by atoms with Crippen molar-refractivity contribution in [1.82, 2.24) is 0 Å². The smallest absolute Gasteiger partial charge is 0.138 e. The molecule has 0 saturated carbocycles. The number of hydrogen-bond acceptors (Lipinski definition) is 3. The zero-order valence-electron chi connectivity index (χ0n) is 6.49. The average molecular weight is 186 g/mol. The maximum absolute atomic E-state index is 8.28. The lowest BCUT2D eigenvalue weighted by molar-refractivity contribution is 0.322. The second-order valence-electron chi connectivity index (χ2n) is 2.11. The van der Waals surface area contributed by atoms with Crippen LogP contribution in [0, 0.1) is 0 Å². The Kier molecular flexibility index (Phi) is 2.94. The van der Waals surface area contributed by atoms with Crippen LogP contribution < -0.4 is 4.74 Å². The van der Waals surface area contributed by atoms with Crippen molar-refractivity contribution in [3.8, 4) is 5.75 Å². The van der Waals surface area contributed by atoms with Crippen molar-refractivity contribution < 1.29 is 9.94 Å². The second kappa shape index (κ2) is 3.97. The molecule has 0 aliphatic carbocycles. The highest BCUT2D eigenvalue weighted by molar-refractivity contribution is 6.34. The Morgan fingerprint density at radius 3 is 2.92 bits per heavy atom. The Balaban J connectivity index is 3.13. The zero-order valence-corrected chi connectivity index (χ0v) is 7.25. The fourth-order valence-electron chi connectivity index (χ4n) is 0.847. The molecule has 0 aliphatic rings. The average Bonchev–Trinajstić information content (AvgIpc) is 2.09. The first kappa shape index (κ1) is 8.87. The van der Waals surface area contributed by atoms with Crippen molar-refractivity contribution >= 4 is 17.8 Å². The summed E-state index contributed by atoms with van der Waals surface area (Å²) in [6.07, 6.45) is 1.25. The predicted octanol–water partition coefficient (Wildman–Crippen LogP) is 2.16. The highest BCUT2D eigenvalue weighted by Gasteiger charge is 2.03. The standard InChI is InChI=1S/C8H8ClNO2/c1-12-7-4-2-3-6(5-10-11)8(7)9/h2-5,11H,1H3/b10-5+. The van der Waals surface area contributed by atoms with Crippen molar-refractivity contribution in [1.29, 1.82) is 0 Å². The molecule has 0 aromatic heterocycles. The summed E-state index contributed by atoms with van der Waals surface area (Å²) in [4.78, 5) is 0. The van der Waals surface area contributed by atoms with Crippen LogP contribution in [0.3, 0.4) is 0 Å². The first-order valence-electron chi connectivity index (χ1n) is 3.29. The molecule has 0 saturated heterocycles. The highest BCUT2D eigenvalue weighted by atomic mass is 35.5. The van der Waals surface area contributed by atoms with Crippen LogP contribution in [0.1, 0.15) is 5.56 Å². The first-order valence-corrected chi connectivity index (χ1v) is 3.67. The molecule has 64 valence electrons. The van der Waals surface area contributed by atoms with Crippen molar-refractivity contribution in [2.75, 3.05) is 7.11 Å². The van der Waals surface area contributed by atoms with E-state index in [2.05, 4.69) is 5.16 Å². The molecule has 0 bridgehead atoms. The third-order valence-corrected chi connectivity index (χ3v) is 1.81. The summed E-state index contributed by atoms with van der Waals surface area (Å²) in [6, 6.07) is 5.23. The van der Waals surface area contributed by atoms with Gasteiger partial charge in [-0.05, 0) is 6.07 Å². The van der Waals surface area contributed by atoms with Crippen molar-refractivity contribution in [2.45, 2.75) is 0 Å². The molecule has 1 aromatic rings. The SMILES string of the molecule is COc1cccc(/C=N/O)c1Cl. The minimum absolute atomic E-state index is 0.442. The van der Waals surface area contributed by atoms with Crippen LogP contribution in [0.4, 0.5) is 0 Å². The van der Waals surface area contributed by atoms with Gasteiger partial charge in [-0.1, -0.05) is 28.9 Å². The molecular formula is C8H8ClNO2. The molecule has 1 aromatic carbocycles. The van der Waals surface area contributed by atoms with Crippen LogP contribution in [0.2, 0.25) is 5.02 Å². The fraction of sp³-hybridized carbons (Fsp3) is 0.125. The van der Waals surface area contributed by atoms with Crippen molar-refractivity contribution in [3.63, 3.8) is 0 Å². The summed E-state index contributed by atoms with van der Waals surface area (Å²) in [6.45, 7) is 0. The molecular weight excluding hydrogens is 178 g/mol. The van der Waals surface area contributed by atoms with Gasteiger partial charge < -0.3 is 9.94 Å². The second-order valence-corrected chi connectivity index (χ2v) is 2.49. The molecule has 1 N–H and O–H groups in total. The summed E-state index contributed by atoms with van der Waals surface area (Å²) in [5.41, 5.74) is 0.624. The number of rotatable bonds is 2. The van der Waals surface area contributed by atoms with Gasteiger partial charge in [0.25, 0.3) is 0 Å². The first-order chi connectivity index (χ1) is 5.79. The van der Waals surface area contributed by atoms with Crippen LogP contribution >= 0.6 is 11.6 Å². The van der Waals surface area contributed by atoms with Gasteiger partial charge >= 0.3 is 0 Å². The number of hydrogen-bond donors (Lipinski definition) is 1. The van der Waals surface area contributed by atoms with E-state index in [0.29, 0.717) is 16.3 Å². The van der Waals surface area contributed by atoms with Gasteiger partial charge in [-0.25, -0.2) is 0 Å². The van der Waals surface area contributed by atoms with Gasteiger partial charge in [0.15, 0.2) is 0 Å². The molecule has 0 fully saturated rings. The molecule has 0 amide bonds. The molecule has 0 atom stereocenters. The minimum Gasteiger partial charge on any atom is -0.495 e. The number of oxime groups is 1. The zero-order chi connectivity index (χ0) is 8.97. The Bertz CT molecular complexity index is 299. The monoisotopic (exact) mass is 185 g/mol. The largest absolute Gasteiger partial charge is 0.495 e. The number of ether oxygens (including phenoxy) is 1. The molecule has 12 heavy (non-hydrogen) atoms. The number of nitrogens with zero attached hydrogens (tertiary/aromatic N) is 1.